The Bertz CT molecular complexity index is 2230. The van der Waals surface area contributed by atoms with E-state index >= 15 is 0 Å². The molecule has 0 radical (unpaired) electrons. The minimum Gasteiger partial charge on any atom is -0.370 e. The fraction of sp³-hybridized carbons (Fsp3) is 0.256. The van der Waals surface area contributed by atoms with Crippen LogP contribution in [-0.2, 0) is 43.2 Å². The average molecular weight is 915 g/mol. The van der Waals surface area contributed by atoms with E-state index in [1.807, 2.05) is 109 Å². The lowest BCUT2D eigenvalue weighted by atomic mass is 9.99. The summed E-state index contributed by atoms with van der Waals surface area (Å²) in [6.45, 7) is 1.49. The molecule has 13 nitrogen and oxygen atoms in total. The van der Waals surface area contributed by atoms with Gasteiger partial charge in [0.25, 0.3) is 0 Å². The van der Waals surface area contributed by atoms with Crippen molar-refractivity contribution in [3.05, 3.63) is 129 Å². The molecule has 0 aliphatic rings. The quantitative estimate of drug-likeness (QED) is 0.0282. The Hall–Kier alpha value is -5.81. The highest BCUT2D eigenvalue weighted by atomic mass is 127. The van der Waals surface area contributed by atoms with Crippen LogP contribution in [0.4, 0.5) is 0 Å². The van der Waals surface area contributed by atoms with Crippen molar-refractivity contribution in [2.45, 2.75) is 63.2 Å². The Labute approximate surface area is 354 Å². The summed E-state index contributed by atoms with van der Waals surface area (Å²) in [4.78, 5) is 71.2. The molecule has 0 unspecified atom stereocenters. The van der Waals surface area contributed by atoms with Crippen LogP contribution in [0, 0.1) is 3.57 Å². The van der Waals surface area contributed by atoms with Gasteiger partial charge in [-0.2, -0.15) is 0 Å². The number of nitrogens with one attached hydrogen (secondary N) is 4. The molecule has 0 bridgehead atoms. The number of halogens is 1. The summed E-state index contributed by atoms with van der Waals surface area (Å²) < 4.78 is 2.01. The van der Waals surface area contributed by atoms with Crippen LogP contribution in [0.25, 0.3) is 21.2 Å². The first-order valence-corrected chi connectivity index (χ1v) is 20.7. The van der Waals surface area contributed by atoms with Gasteiger partial charge in [0.05, 0.1) is 0 Å². The zero-order chi connectivity index (χ0) is 41.6. The van der Waals surface area contributed by atoms with Gasteiger partial charge >= 0.3 is 0 Å². The van der Waals surface area contributed by atoms with Gasteiger partial charge in [0.2, 0.25) is 29.5 Å². The van der Waals surface area contributed by atoms with Gasteiger partial charge in [-0.1, -0.05) is 84.9 Å². The number of nitrogens with zero attached hydrogens (tertiary/aromatic N) is 1. The summed E-state index contributed by atoms with van der Waals surface area (Å²) in [5.41, 5.74) is 21.3. The van der Waals surface area contributed by atoms with E-state index in [1.54, 1.807) is 0 Å². The molecule has 0 aliphatic heterocycles. The molecule has 0 saturated carbocycles. The number of hydrogen-bond acceptors (Lipinski definition) is 7. The highest BCUT2D eigenvalue weighted by molar-refractivity contribution is 14.1. The monoisotopic (exact) mass is 914 g/mol. The summed E-state index contributed by atoms with van der Waals surface area (Å²) in [6.07, 6.45) is 0.769. The van der Waals surface area contributed by atoms with Crippen molar-refractivity contribution in [3.63, 3.8) is 0 Å². The normalized spacial score (nSPS) is 13.0. The molecule has 4 aromatic carbocycles. The maximum atomic E-state index is 14.2. The van der Waals surface area contributed by atoms with Crippen molar-refractivity contribution in [3.8, 4) is 11.1 Å². The van der Waals surface area contributed by atoms with Gasteiger partial charge in [0.15, 0.2) is 5.96 Å². The van der Waals surface area contributed by atoms with E-state index in [0.717, 1.165) is 41.5 Å². The zero-order valence-corrected chi connectivity index (χ0v) is 34.9. The van der Waals surface area contributed by atoms with Gasteiger partial charge in [-0.3, -0.25) is 29.0 Å². The van der Waals surface area contributed by atoms with Crippen molar-refractivity contribution in [2.75, 3.05) is 6.54 Å². The molecule has 0 fully saturated rings. The first-order valence-electron chi connectivity index (χ1n) is 18.7. The fourth-order valence-corrected chi connectivity index (χ4v) is 7.78. The number of carbonyl (C=O) groups is 5. The molecule has 58 heavy (non-hydrogen) atoms. The number of hydrogen-bond donors (Lipinski definition) is 7. The van der Waals surface area contributed by atoms with E-state index in [2.05, 4.69) is 48.9 Å². The number of primary amides is 1. The number of carbonyl (C=O) groups excluding carboxylic acids is 5. The Morgan fingerprint density at radius 3 is 1.79 bits per heavy atom. The summed E-state index contributed by atoms with van der Waals surface area (Å²) in [5.74, 6) is -3.16. The second-order valence-electron chi connectivity index (χ2n) is 13.8. The van der Waals surface area contributed by atoms with E-state index < -0.39 is 53.7 Å². The Balaban J connectivity index is 1.36. The zero-order valence-electron chi connectivity index (χ0n) is 32.0. The van der Waals surface area contributed by atoms with E-state index in [1.165, 1.54) is 18.3 Å². The van der Waals surface area contributed by atoms with Crippen molar-refractivity contribution in [2.24, 2.45) is 22.2 Å². The predicted octanol–water partition coefficient (Wildman–Crippen LogP) is 3.70. The van der Waals surface area contributed by atoms with Crippen LogP contribution in [-0.4, -0.2) is 66.2 Å². The van der Waals surface area contributed by atoms with Gasteiger partial charge in [-0.05, 0) is 92.2 Å². The molecular formula is C43H47IN8O5S. The number of amides is 5. The van der Waals surface area contributed by atoms with Crippen molar-refractivity contribution >= 4 is 79.5 Å². The number of aliphatic imine (C=N–C) groups is 1. The lowest BCUT2D eigenvalue weighted by Crippen LogP contribution is -2.59. The average Bonchev–Trinajstić information content (AvgIpc) is 3.61. The molecule has 5 rings (SSSR count). The van der Waals surface area contributed by atoms with Crippen LogP contribution in [0.5, 0.6) is 0 Å². The predicted molar refractivity (Wildman–Crippen MR) is 236 cm³/mol. The minimum absolute atomic E-state index is 0.0729. The standard InChI is InChI=1S/C43H47IN8O5S/c1-26(53)49-36(22-27-13-17-30(18-14-27)29-8-3-2-4-9-29)41(56)50-34(11-7-21-48-43(46)47)40(55)52-37(23-28-15-19-32(44)20-16-28)42(57)51-35(39(45)54)24-31-25-58-38-12-6-5-10-33(31)38/h2-6,8-10,12-20,25,34-37H,7,11,21-24H2,1H3,(H2,45,54)(H,49,53)(H,50,56)(H,51,57)(H,52,55)(H4,46,47,48)/t34-,35-,36-,37+/m0/s1. The summed E-state index contributed by atoms with van der Waals surface area (Å²) >= 11 is 3.70. The smallest absolute Gasteiger partial charge is 0.243 e. The largest absolute Gasteiger partial charge is 0.370 e. The number of fused-ring (bicyclic) bond motifs is 1. The van der Waals surface area contributed by atoms with Crippen LogP contribution in [0.15, 0.2) is 114 Å². The molecule has 5 aromatic rings. The number of guanidine groups is 1. The highest BCUT2D eigenvalue weighted by Gasteiger charge is 2.31. The first kappa shape index (κ1) is 43.3. The second kappa shape index (κ2) is 21.1. The summed E-state index contributed by atoms with van der Waals surface area (Å²) in [5, 5.41) is 14.0. The lowest BCUT2D eigenvalue weighted by molar-refractivity contribution is -0.134. The topological polar surface area (TPSA) is 224 Å². The Kier molecular flexibility index (Phi) is 15.8. The van der Waals surface area contributed by atoms with E-state index in [9.17, 15) is 24.0 Å². The number of benzene rings is 4. The molecular weight excluding hydrogens is 867 g/mol. The summed E-state index contributed by atoms with van der Waals surface area (Å²) in [7, 11) is 0. The molecule has 1 heterocycles. The summed E-state index contributed by atoms with van der Waals surface area (Å²) in [6, 6.07) is 28.3. The van der Waals surface area contributed by atoms with Crippen molar-refractivity contribution in [1.29, 1.82) is 0 Å². The van der Waals surface area contributed by atoms with Crippen LogP contribution in [0.1, 0.15) is 36.5 Å². The molecule has 0 aliphatic carbocycles. The molecule has 5 amide bonds. The molecule has 15 heteroatoms. The van der Waals surface area contributed by atoms with Crippen LogP contribution in [0.3, 0.4) is 0 Å². The van der Waals surface area contributed by atoms with Crippen molar-refractivity contribution < 1.29 is 24.0 Å². The van der Waals surface area contributed by atoms with Gasteiger partial charge < -0.3 is 38.5 Å². The fourth-order valence-electron chi connectivity index (χ4n) is 6.44. The van der Waals surface area contributed by atoms with Gasteiger partial charge in [0.1, 0.15) is 24.2 Å². The molecule has 0 spiro atoms. The second-order valence-corrected chi connectivity index (χ2v) is 16.0. The van der Waals surface area contributed by atoms with E-state index in [0.29, 0.717) is 6.42 Å². The third kappa shape index (κ3) is 12.9. The molecule has 0 saturated heterocycles. The maximum absolute atomic E-state index is 14.2. The van der Waals surface area contributed by atoms with E-state index in [-0.39, 0.29) is 38.2 Å². The van der Waals surface area contributed by atoms with Crippen LogP contribution >= 0.6 is 33.9 Å². The minimum atomic E-state index is -1.17. The highest BCUT2D eigenvalue weighted by Crippen LogP contribution is 2.27. The molecule has 4 atom stereocenters. The molecule has 302 valence electrons. The Morgan fingerprint density at radius 2 is 1.17 bits per heavy atom. The maximum Gasteiger partial charge on any atom is 0.243 e. The first-order chi connectivity index (χ1) is 27.9. The van der Waals surface area contributed by atoms with Crippen molar-refractivity contribution in [1.82, 2.24) is 21.3 Å². The third-order valence-corrected chi connectivity index (χ3v) is 11.1. The molecule has 1 aromatic heterocycles. The van der Waals surface area contributed by atoms with E-state index in [4.69, 9.17) is 17.2 Å². The Morgan fingerprint density at radius 1 is 0.638 bits per heavy atom. The number of rotatable bonds is 19. The SMILES string of the molecule is CC(=O)N[C@@H](Cc1ccc(-c2ccccc2)cc1)C(=O)N[C@@H](CCCN=C(N)N)C(=O)N[C@H](Cc1ccc(I)cc1)C(=O)N[C@@H](Cc1csc2ccccc12)C(N)=O. The lowest BCUT2D eigenvalue weighted by Gasteiger charge is -2.26. The van der Waals surface area contributed by atoms with Gasteiger partial charge in [0, 0.05) is 41.0 Å². The number of nitrogens with two attached hydrogens (primary N) is 3. The third-order valence-electron chi connectivity index (χ3n) is 9.40. The number of thiophene rings is 1. The van der Waals surface area contributed by atoms with Gasteiger partial charge in [-0.15, -0.1) is 11.3 Å². The van der Waals surface area contributed by atoms with Crippen LogP contribution < -0.4 is 38.5 Å². The van der Waals surface area contributed by atoms with Gasteiger partial charge in [-0.25, -0.2) is 0 Å². The van der Waals surface area contributed by atoms with Crippen LogP contribution in [0.2, 0.25) is 0 Å². The molecule has 10 N–H and O–H groups in total.